The highest BCUT2D eigenvalue weighted by molar-refractivity contribution is 6.36. The first-order valence-electron chi connectivity index (χ1n) is 10.3. The summed E-state index contributed by atoms with van der Waals surface area (Å²) in [5.74, 6) is -0.0872. The van der Waals surface area contributed by atoms with Gasteiger partial charge in [0.2, 0.25) is 5.91 Å². The van der Waals surface area contributed by atoms with E-state index in [1.54, 1.807) is 49.4 Å². The average Bonchev–Trinajstić information content (AvgIpc) is 3.24. The third kappa shape index (κ3) is 6.52. The van der Waals surface area contributed by atoms with Crippen LogP contribution in [-0.2, 0) is 16.1 Å². The third-order valence-corrected chi connectivity index (χ3v) is 6.36. The first-order valence-corrected chi connectivity index (χ1v) is 11.4. The summed E-state index contributed by atoms with van der Waals surface area (Å²) in [7, 11) is 0. The molecular formula is C23H25Cl3N2O3. The van der Waals surface area contributed by atoms with Crippen molar-refractivity contribution in [1.29, 1.82) is 0 Å². The van der Waals surface area contributed by atoms with E-state index in [4.69, 9.17) is 39.5 Å². The molecule has 2 aromatic rings. The summed E-state index contributed by atoms with van der Waals surface area (Å²) in [4.78, 5) is 27.5. The highest BCUT2D eigenvalue weighted by atomic mass is 35.5. The lowest BCUT2D eigenvalue weighted by molar-refractivity contribution is -0.142. The van der Waals surface area contributed by atoms with E-state index in [1.165, 1.54) is 4.90 Å². The van der Waals surface area contributed by atoms with E-state index in [2.05, 4.69) is 5.32 Å². The van der Waals surface area contributed by atoms with E-state index < -0.39 is 6.04 Å². The van der Waals surface area contributed by atoms with Gasteiger partial charge in [0.25, 0.3) is 5.91 Å². The topological polar surface area (TPSA) is 58.6 Å². The molecule has 1 saturated carbocycles. The number of nitrogens with zero attached hydrogens (tertiary/aromatic N) is 1. The van der Waals surface area contributed by atoms with E-state index in [0.717, 1.165) is 25.7 Å². The molecule has 1 N–H and O–H groups in total. The number of hydrogen-bond donors (Lipinski definition) is 1. The van der Waals surface area contributed by atoms with Crippen LogP contribution in [0.25, 0.3) is 0 Å². The summed E-state index contributed by atoms with van der Waals surface area (Å²) >= 11 is 18.6. The van der Waals surface area contributed by atoms with E-state index in [1.807, 2.05) is 0 Å². The predicted octanol–water partition coefficient (Wildman–Crippen LogP) is 5.50. The largest absolute Gasteiger partial charge is 0.484 e. The Bertz CT molecular complexity index is 912. The molecule has 5 nitrogen and oxygen atoms in total. The third-order valence-electron chi connectivity index (χ3n) is 5.42. The zero-order valence-electron chi connectivity index (χ0n) is 17.2. The normalized spacial score (nSPS) is 14.8. The van der Waals surface area contributed by atoms with Gasteiger partial charge in [-0.25, -0.2) is 0 Å². The van der Waals surface area contributed by atoms with Crippen molar-refractivity contribution in [3.63, 3.8) is 0 Å². The summed E-state index contributed by atoms with van der Waals surface area (Å²) < 4.78 is 5.62. The van der Waals surface area contributed by atoms with Crippen LogP contribution in [-0.4, -0.2) is 35.4 Å². The van der Waals surface area contributed by atoms with Gasteiger partial charge in [-0.1, -0.05) is 59.8 Å². The number of amides is 2. The number of benzene rings is 2. The molecule has 0 aromatic heterocycles. The maximum atomic E-state index is 13.1. The standard InChI is InChI=1S/C23H25Cl3N2O3/c1-15(23(30)27-17-7-2-3-8-17)28(13-19-20(25)10-5-11-21(19)26)22(29)14-31-18-9-4-6-16(24)12-18/h4-6,9-12,15,17H,2-3,7-8,13-14H2,1H3,(H,27,30)/t15-/m1/s1. The van der Waals surface area contributed by atoms with Crippen molar-refractivity contribution in [3.05, 3.63) is 63.1 Å². The Morgan fingerprint density at radius 2 is 1.74 bits per heavy atom. The maximum absolute atomic E-state index is 13.1. The molecule has 2 aromatic carbocycles. The molecule has 166 valence electrons. The van der Waals surface area contributed by atoms with E-state index >= 15 is 0 Å². The van der Waals surface area contributed by atoms with E-state index in [9.17, 15) is 9.59 Å². The molecule has 3 rings (SSSR count). The number of hydrogen-bond acceptors (Lipinski definition) is 3. The number of nitrogens with one attached hydrogen (secondary N) is 1. The molecule has 1 fully saturated rings. The first-order chi connectivity index (χ1) is 14.8. The van der Waals surface area contributed by atoms with Crippen LogP contribution in [0.2, 0.25) is 15.1 Å². The molecule has 1 atom stereocenters. The van der Waals surface area contributed by atoms with Crippen LogP contribution in [0.1, 0.15) is 38.2 Å². The van der Waals surface area contributed by atoms with Gasteiger partial charge < -0.3 is 15.0 Å². The van der Waals surface area contributed by atoms with Gasteiger partial charge in [-0.3, -0.25) is 9.59 Å². The van der Waals surface area contributed by atoms with Crippen molar-refractivity contribution < 1.29 is 14.3 Å². The summed E-state index contributed by atoms with van der Waals surface area (Å²) in [6, 6.07) is 11.4. The van der Waals surface area contributed by atoms with Gasteiger partial charge >= 0.3 is 0 Å². The summed E-state index contributed by atoms with van der Waals surface area (Å²) in [6.45, 7) is 1.55. The Balaban J connectivity index is 1.76. The smallest absolute Gasteiger partial charge is 0.261 e. The second kappa shape index (κ2) is 11.1. The minimum atomic E-state index is -0.719. The molecule has 0 radical (unpaired) electrons. The molecule has 8 heteroatoms. The summed E-state index contributed by atoms with van der Waals surface area (Å²) in [5.41, 5.74) is 0.586. The van der Waals surface area contributed by atoms with Crippen LogP contribution in [0.3, 0.4) is 0 Å². The number of rotatable bonds is 8. The minimum Gasteiger partial charge on any atom is -0.484 e. The van der Waals surface area contributed by atoms with E-state index in [0.29, 0.717) is 26.4 Å². The SMILES string of the molecule is C[C@H](C(=O)NC1CCCC1)N(Cc1c(Cl)cccc1Cl)C(=O)COc1cccc(Cl)c1. The second-order valence-electron chi connectivity index (χ2n) is 7.63. The van der Waals surface area contributed by atoms with Crippen molar-refractivity contribution in [1.82, 2.24) is 10.2 Å². The number of ether oxygens (including phenoxy) is 1. The Labute approximate surface area is 197 Å². The quantitative estimate of drug-likeness (QED) is 0.539. The fourth-order valence-corrected chi connectivity index (χ4v) is 4.31. The summed E-state index contributed by atoms with van der Waals surface area (Å²) in [6.07, 6.45) is 4.12. The van der Waals surface area contributed by atoms with Crippen LogP contribution in [0, 0.1) is 0 Å². The number of halogens is 3. The molecule has 0 saturated heterocycles. The fourth-order valence-electron chi connectivity index (χ4n) is 3.61. The lowest BCUT2D eigenvalue weighted by atomic mass is 10.1. The lowest BCUT2D eigenvalue weighted by Crippen LogP contribution is -2.50. The molecule has 0 heterocycles. The second-order valence-corrected chi connectivity index (χ2v) is 8.88. The van der Waals surface area contributed by atoms with Crippen LogP contribution in [0.5, 0.6) is 5.75 Å². The van der Waals surface area contributed by atoms with Crippen LogP contribution < -0.4 is 10.1 Å². The van der Waals surface area contributed by atoms with Crippen molar-refractivity contribution in [2.75, 3.05) is 6.61 Å². The van der Waals surface area contributed by atoms with Gasteiger partial charge in [0.1, 0.15) is 11.8 Å². The molecule has 0 bridgehead atoms. The van der Waals surface area contributed by atoms with Gasteiger partial charge in [-0.2, -0.15) is 0 Å². The van der Waals surface area contributed by atoms with Gasteiger partial charge in [0.05, 0.1) is 0 Å². The van der Waals surface area contributed by atoms with E-state index in [-0.39, 0.29) is 31.0 Å². The lowest BCUT2D eigenvalue weighted by Gasteiger charge is -2.30. The molecule has 2 amide bonds. The minimum absolute atomic E-state index is 0.0928. The maximum Gasteiger partial charge on any atom is 0.261 e. The van der Waals surface area contributed by atoms with Gasteiger partial charge in [0, 0.05) is 33.2 Å². The molecule has 1 aliphatic rings. The molecule has 0 aliphatic heterocycles. The number of carbonyl (C=O) groups excluding carboxylic acids is 2. The fraction of sp³-hybridized carbons (Fsp3) is 0.391. The van der Waals surface area contributed by atoms with Gasteiger partial charge in [-0.15, -0.1) is 0 Å². The molecule has 31 heavy (non-hydrogen) atoms. The highest BCUT2D eigenvalue weighted by Crippen LogP contribution is 2.27. The predicted molar refractivity (Wildman–Crippen MR) is 124 cm³/mol. The molecule has 0 spiro atoms. The first kappa shape index (κ1) is 23.7. The van der Waals surface area contributed by atoms with Crippen molar-refractivity contribution in [2.45, 2.75) is 51.2 Å². The summed E-state index contributed by atoms with van der Waals surface area (Å²) in [5, 5.41) is 4.43. The Kier molecular flexibility index (Phi) is 8.47. The van der Waals surface area contributed by atoms with Gasteiger partial charge in [-0.05, 0) is 50.1 Å². The number of carbonyl (C=O) groups is 2. The van der Waals surface area contributed by atoms with Crippen LogP contribution in [0.15, 0.2) is 42.5 Å². The van der Waals surface area contributed by atoms with Crippen molar-refractivity contribution in [2.24, 2.45) is 0 Å². The van der Waals surface area contributed by atoms with Crippen LogP contribution >= 0.6 is 34.8 Å². The zero-order chi connectivity index (χ0) is 22.4. The monoisotopic (exact) mass is 482 g/mol. The Hall–Kier alpha value is -1.95. The van der Waals surface area contributed by atoms with Gasteiger partial charge in [0.15, 0.2) is 6.61 Å². The Morgan fingerprint density at radius 1 is 1.10 bits per heavy atom. The molecule has 0 unspecified atom stereocenters. The zero-order valence-corrected chi connectivity index (χ0v) is 19.5. The Morgan fingerprint density at radius 3 is 2.39 bits per heavy atom. The average molecular weight is 484 g/mol. The highest BCUT2D eigenvalue weighted by Gasteiger charge is 2.29. The van der Waals surface area contributed by atoms with Crippen molar-refractivity contribution in [3.8, 4) is 5.75 Å². The molecule has 1 aliphatic carbocycles. The van der Waals surface area contributed by atoms with Crippen molar-refractivity contribution >= 4 is 46.6 Å². The van der Waals surface area contributed by atoms with Crippen LogP contribution in [0.4, 0.5) is 0 Å². The molecular weight excluding hydrogens is 459 g/mol.